The van der Waals surface area contributed by atoms with Gasteiger partial charge in [0.05, 0.1) is 0 Å². The zero-order valence-corrected chi connectivity index (χ0v) is 10.2. The molecule has 0 aliphatic carbocycles. The van der Waals surface area contributed by atoms with Gasteiger partial charge in [-0.1, -0.05) is 19.8 Å². The minimum absolute atomic E-state index is 0.0394. The maximum Gasteiger partial charge on any atom is 0.313 e. The number of esters is 2. The Morgan fingerprint density at radius 2 is 1.35 bits per heavy atom. The maximum absolute atomic E-state index is 11.1. The SMILES string of the molecule is CCCCCC(=O)OC(=O)CCCCC(=O)O. The van der Waals surface area contributed by atoms with E-state index in [-0.39, 0.29) is 19.3 Å². The number of carboxylic acids is 1. The van der Waals surface area contributed by atoms with Gasteiger partial charge in [-0.3, -0.25) is 14.4 Å². The van der Waals surface area contributed by atoms with Crippen LogP contribution in [0.25, 0.3) is 0 Å². The first-order valence-corrected chi connectivity index (χ1v) is 6.01. The minimum Gasteiger partial charge on any atom is -0.481 e. The average molecular weight is 244 g/mol. The highest BCUT2D eigenvalue weighted by molar-refractivity contribution is 5.85. The Morgan fingerprint density at radius 3 is 1.82 bits per heavy atom. The lowest BCUT2D eigenvalue weighted by atomic mass is 10.2. The Morgan fingerprint density at radius 1 is 0.882 bits per heavy atom. The highest BCUT2D eigenvalue weighted by Crippen LogP contribution is 2.04. The molecule has 0 bridgehead atoms. The molecule has 0 radical (unpaired) electrons. The van der Waals surface area contributed by atoms with E-state index in [4.69, 9.17) is 5.11 Å². The van der Waals surface area contributed by atoms with Crippen molar-refractivity contribution in [1.29, 1.82) is 0 Å². The Kier molecular flexibility index (Phi) is 9.01. The smallest absolute Gasteiger partial charge is 0.313 e. The molecule has 0 spiro atoms. The molecule has 0 amide bonds. The van der Waals surface area contributed by atoms with Gasteiger partial charge >= 0.3 is 17.9 Å². The van der Waals surface area contributed by atoms with E-state index >= 15 is 0 Å². The average Bonchev–Trinajstić information content (AvgIpc) is 2.24. The van der Waals surface area contributed by atoms with Crippen molar-refractivity contribution < 1.29 is 24.2 Å². The van der Waals surface area contributed by atoms with E-state index in [9.17, 15) is 14.4 Å². The van der Waals surface area contributed by atoms with Crippen LogP contribution in [0.5, 0.6) is 0 Å². The molecule has 0 heterocycles. The fraction of sp³-hybridized carbons (Fsp3) is 0.750. The van der Waals surface area contributed by atoms with Crippen molar-refractivity contribution in [2.75, 3.05) is 0 Å². The van der Waals surface area contributed by atoms with Gasteiger partial charge in [0.2, 0.25) is 0 Å². The van der Waals surface area contributed by atoms with Gasteiger partial charge in [0.1, 0.15) is 0 Å². The molecule has 0 aromatic rings. The maximum atomic E-state index is 11.1. The molecule has 5 nitrogen and oxygen atoms in total. The third-order valence-corrected chi connectivity index (χ3v) is 2.23. The molecule has 0 aliphatic heterocycles. The molecule has 0 unspecified atom stereocenters. The summed E-state index contributed by atoms with van der Waals surface area (Å²) in [6, 6.07) is 0. The molecule has 98 valence electrons. The number of carbonyl (C=O) groups is 3. The fourth-order valence-electron chi connectivity index (χ4n) is 1.29. The predicted octanol–water partition coefficient (Wildman–Crippen LogP) is 2.28. The monoisotopic (exact) mass is 244 g/mol. The zero-order valence-electron chi connectivity index (χ0n) is 10.2. The molecule has 0 fully saturated rings. The van der Waals surface area contributed by atoms with Gasteiger partial charge in [-0.2, -0.15) is 0 Å². The van der Waals surface area contributed by atoms with Crippen LogP contribution in [0.4, 0.5) is 0 Å². The molecule has 0 rings (SSSR count). The van der Waals surface area contributed by atoms with Gasteiger partial charge in [0.25, 0.3) is 0 Å². The molecular weight excluding hydrogens is 224 g/mol. The van der Waals surface area contributed by atoms with Crippen molar-refractivity contribution in [3.05, 3.63) is 0 Å². The quantitative estimate of drug-likeness (QED) is 0.382. The molecule has 5 heteroatoms. The lowest BCUT2D eigenvalue weighted by Gasteiger charge is -2.02. The second kappa shape index (κ2) is 9.81. The molecule has 0 aromatic heterocycles. The normalized spacial score (nSPS) is 9.94. The molecule has 0 atom stereocenters. The van der Waals surface area contributed by atoms with Crippen LogP contribution in [0.2, 0.25) is 0 Å². The molecule has 0 aromatic carbocycles. The number of hydrogen-bond donors (Lipinski definition) is 1. The number of aliphatic carboxylic acids is 1. The summed E-state index contributed by atoms with van der Waals surface area (Å²) in [5.74, 6) is -1.92. The Balaban J connectivity index is 3.50. The summed E-state index contributed by atoms with van der Waals surface area (Å²) in [6.45, 7) is 2.03. The van der Waals surface area contributed by atoms with Crippen LogP contribution in [0, 0.1) is 0 Å². The topological polar surface area (TPSA) is 80.7 Å². The lowest BCUT2D eigenvalue weighted by Crippen LogP contribution is -2.12. The number of hydrogen-bond acceptors (Lipinski definition) is 4. The molecule has 17 heavy (non-hydrogen) atoms. The molecule has 0 aliphatic rings. The first-order chi connectivity index (χ1) is 8.06. The van der Waals surface area contributed by atoms with Crippen molar-refractivity contribution in [2.45, 2.75) is 58.3 Å². The van der Waals surface area contributed by atoms with Crippen LogP contribution in [0.15, 0.2) is 0 Å². The van der Waals surface area contributed by atoms with E-state index in [1.165, 1.54) is 0 Å². The molecule has 0 saturated heterocycles. The van der Waals surface area contributed by atoms with Crippen molar-refractivity contribution in [2.24, 2.45) is 0 Å². The Bertz CT molecular complexity index is 260. The Labute approximate surface area is 101 Å². The number of carboxylic acid groups (broad SMARTS) is 1. The zero-order chi connectivity index (χ0) is 13.1. The van der Waals surface area contributed by atoms with Gasteiger partial charge in [-0.15, -0.1) is 0 Å². The number of rotatable bonds is 9. The van der Waals surface area contributed by atoms with Crippen molar-refractivity contribution in [3.63, 3.8) is 0 Å². The predicted molar refractivity (Wildman–Crippen MR) is 61.3 cm³/mol. The van der Waals surface area contributed by atoms with Crippen LogP contribution >= 0.6 is 0 Å². The molecular formula is C12H20O5. The van der Waals surface area contributed by atoms with E-state index < -0.39 is 17.9 Å². The summed E-state index contributed by atoms with van der Waals surface area (Å²) in [4.78, 5) is 32.5. The second-order valence-corrected chi connectivity index (χ2v) is 3.90. The Hall–Kier alpha value is -1.39. The van der Waals surface area contributed by atoms with Crippen molar-refractivity contribution in [1.82, 2.24) is 0 Å². The van der Waals surface area contributed by atoms with Gasteiger partial charge in [-0.05, 0) is 19.3 Å². The number of unbranched alkanes of at least 4 members (excludes halogenated alkanes) is 3. The standard InChI is InChI=1S/C12H20O5/c1-2-3-4-8-11(15)17-12(16)9-6-5-7-10(13)14/h2-9H2,1H3,(H,13,14). The van der Waals surface area contributed by atoms with Crippen LogP contribution in [0.3, 0.4) is 0 Å². The van der Waals surface area contributed by atoms with Gasteiger partial charge in [-0.25, -0.2) is 0 Å². The lowest BCUT2D eigenvalue weighted by molar-refractivity contribution is -0.160. The van der Waals surface area contributed by atoms with E-state index in [0.717, 1.165) is 19.3 Å². The highest BCUT2D eigenvalue weighted by Gasteiger charge is 2.09. The third kappa shape index (κ3) is 10.9. The second-order valence-electron chi connectivity index (χ2n) is 3.90. The van der Waals surface area contributed by atoms with E-state index in [2.05, 4.69) is 4.74 Å². The van der Waals surface area contributed by atoms with Crippen LogP contribution in [-0.2, 0) is 19.1 Å². The van der Waals surface area contributed by atoms with E-state index in [0.29, 0.717) is 12.8 Å². The highest BCUT2D eigenvalue weighted by atomic mass is 16.6. The van der Waals surface area contributed by atoms with Gasteiger partial charge < -0.3 is 9.84 Å². The van der Waals surface area contributed by atoms with Crippen molar-refractivity contribution in [3.8, 4) is 0 Å². The summed E-state index contributed by atoms with van der Waals surface area (Å²) < 4.78 is 4.58. The summed E-state index contributed by atoms with van der Waals surface area (Å²) in [6.07, 6.45) is 3.97. The largest absolute Gasteiger partial charge is 0.481 e. The summed E-state index contributed by atoms with van der Waals surface area (Å²) >= 11 is 0. The van der Waals surface area contributed by atoms with Gasteiger partial charge in [0.15, 0.2) is 0 Å². The van der Waals surface area contributed by atoms with Crippen molar-refractivity contribution >= 4 is 17.9 Å². The van der Waals surface area contributed by atoms with E-state index in [1.807, 2.05) is 6.92 Å². The summed E-state index contributed by atoms with van der Waals surface area (Å²) in [7, 11) is 0. The van der Waals surface area contributed by atoms with Crippen LogP contribution in [-0.4, -0.2) is 23.0 Å². The molecule has 0 saturated carbocycles. The number of carbonyl (C=O) groups excluding carboxylic acids is 2. The van der Waals surface area contributed by atoms with E-state index in [1.54, 1.807) is 0 Å². The molecule has 1 N–H and O–H groups in total. The first kappa shape index (κ1) is 15.6. The number of ether oxygens (including phenoxy) is 1. The first-order valence-electron chi connectivity index (χ1n) is 6.01. The summed E-state index contributed by atoms with van der Waals surface area (Å²) in [5, 5.41) is 8.37. The summed E-state index contributed by atoms with van der Waals surface area (Å²) in [5.41, 5.74) is 0. The minimum atomic E-state index is -0.881. The fourth-order valence-corrected chi connectivity index (χ4v) is 1.29. The van der Waals surface area contributed by atoms with Gasteiger partial charge in [0, 0.05) is 19.3 Å². The van der Waals surface area contributed by atoms with Crippen LogP contribution < -0.4 is 0 Å². The van der Waals surface area contributed by atoms with Crippen LogP contribution in [0.1, 0.15) is 58.3 Å². The third-order valence-electron chi connectivity index (χ3n) is 2.23.